The minimum Gasteiger partial charge on any atom is -0.457 e. The van der Waals surface area contributed by atoms with Crippen molar-refractivity contribution in [3.8, 4) is 11.5 Å². The van der Waals surface area contributed by atoms with Gasteiger partial charge in [-0.25, -0.2) is 23.4 Å². The van der Waals surface area contributed by atoms with Gasteiger partial charge in [-0.15, -0.1) is 12.4 Å². The lowest BCUT2D eigenvalue weighted by atomic mass is 10.3. The third kappa shape index (κ3) is 5.90. The number of nitrogens with one attached hydrogen (secondary N) is 4. The fourth-order valence-corrected chi connectivity index (χ4v) is 2.88. The fraction of sp³-hybridized carbons (Fsp3) is 0.0455. The summed E-state index contributed by atoms with van der Waals surface area (Å²) in [7, 11) is 1.25. The molecule has 3 amide bonds. The first-order valence-electron chi connectivity index (χ1n) is 9.55. The number of carbonyl (C=O) groups is 2. The molecule has 0 radical (unpaired) electrons. The molecule has 4 N–H and O–H groups in total. The van der Waals surface area contributed by atoms with E-state index in [-0.39, 0.29) is 24.0 Å². The van der Waals surface area contributed by atoms with Crippen molar-refractivity contribution in [1.29, 1.82) is 0 Å². The van der Waals surface area contributed by atoms with Crippen LogP contribution in [0, 0.1) is 11.6 Å². The van der Waals surface area contributed by atoms with Crippen LogP contribution in [0.2, 0.25) is 0 Å². The summed E-state index contributed by atoms with van der Waals surface area (Å²) in [5, 5.41) is 7.22. The van der Waals surface area contributed by atoms with Gasteiger partial charge in [-0.05, 0) is 48.5 Å². The largest absolute Gasteiger partial charge is 0.457 e. The molecule has 3 aromatic carbocycles. The summed E-state index contributed by atoms with van der Waals surface area (Å²) in [4.78, 5) is 30.5. The van der Waals surface area contributed by atoms with Crippen LogP contribution < -0.4 is 20.7 Å². The number of benzene rings is 3. The fourth-order valence-electron chi connectivity index (χ4n) is 2.88. The zero-order chi connectivity index (χ0) is 23.4. The van der Waals surface area contributed by atoms with Crippen LogP contribution in [0.15, 0.2) is 60.7 Å². The summed E-state index contributed by atoms with van der Waals surface area (Å²) in [6.07, 6.45) is -0.644. The van der Waals surface area contributed by atoms with Crippen molar-refractivity contribution in [1.82, 2.24) is 9.97 Å². The van der Waals surface area contributed by atoms with E-state index in [0.717, 1.165) is 18.2 Å². The summed E-state index contributed by atoms with van der Waals surface area (Å²) in [6.45, 7) is 0. The summed E-state index contributed by atoms with van der Waals surface area (Å²) in [5.74, 6) is -0.185. The predicted molar refractivity (Wildman–Crippen MR) is 125 cm³/mol. The molecule has 0 aliphatic carbocycles. The summed E-state index contributed by atoms with van der Waals surface area (Å²) < 4.78 is 37.2. The van der Waals surface area contributed by atoms with E-state index in [9.17, 15) is 18.4 Å². The highest BCUT2D eigenvalue weighted by Gasteiger charge is 2.10. The highest BCUT2D eigenvalue weighted by atomic mass is 35.5. The molecule has 4 aromatic rings. The van der Waals surface area contributed by atoms with E-state index < -0.39 is 23.8 Å². The molecule has 0 saturated heterocycles. The Bertz CT molecular complexity index is 1330. The Balaban J connectivity index is 0.00000324. The first kappa shape index (κ1) is 24.3. The van der Waals surface area contributed by atoms with Gasteiger partial charge in [0.2, 0.25) is 5.95 Å². The topological polar surface area (TPSA) is 117 Å². The van der Waals surface area contributed by atoms with Crippen LogP contribution in [0.4, 0.5) is 35.7 Å². The standard InChI is InChI=1S/C22H17F2N5O4.ClH/c1-32-22(31)29-20-26-17-9-7-15(11-19(17)27-20)33-14-5-3-13(4-6-14)25-21(30)28-18-10-12(23)2-8-16(18)24;/h2-11H,1H3,(H2,25,28,30)(H2,26,27,29,31);1H. The molecule has 12 heteroatoms. The van der Waals surface area contributed by atoms with Gasteiger partial charge in [0.15, 0.2) is 0 Å². The van der Waals surface area contributed by atoms with Gasteiger partial charge in [0.05, 0.1) is 23.8 Å². The number of rotatable bonds is 5. The first-order chi connectivity index (χ1) is 15.9. The third-order valence-corrected chi connectivity index (χ3v) is 4.38. The number of nitrogens with zero attached hydrogens (tertiary/aromatic N) is 1. The zero-order valence-corrected chi connectivity index (χ0v) is 18.3. The quantitative estimate of drug-likeness (QED) is 0.279. The smallest absolute Gasteiger partial charge is 0.413 e. The third-order valence-electron chi connectivity index (χ3n) is 4.38. The molecule has 34 heavy (non-hydrogen) atoms. The average Bonchev–Trinajstić information content (AvgIpc) is 3.19. The number of amides is 3. The Morgan fingerprint density at radius 2 is 1.65 bits per heavy atom. The van der Waals surface area contributed by atoms with Crippen LogP contribution in [0.5, 0.6) is 11.5 Å². The second-order valence-corrected chi connectivity index (χ2v) is 6.71. The number of imidazole rings is 1. The average molecular weight is 490 g/mol. The van der Waals surface area contributed by atoms with Crippen molar-refractivity contribution in [2.45, 2.75) is 0 Å². The van der Waals surface area contributed by atoms with Crippen LogP contribution in [0.3, 0.4) is 0 Å². The van der Waals surface area contributed by atoms with Crippen molar-refractivity contribution in [2.24, 2.45) is 0 Å². The van der Waals surface area contributed by atoms with Crippen LogP contribution in [0.1, 0.15) is 0 Å². The lowest BCUT2D eigenvalue weighted by Crippen LogP contribution is -2.20. The number of urea groups is 1. The molecule has 0 fully saturated rings. The highest BCUT2D eigenvalue weighted by molar-refractivity contribution is 5.99. The molecular formula is C22H18ClF2N5O4. The van der Waals surface area contributed by atoms with Gasteiger partial charge in [-0.1, -0.05) is 0 Å². The number of halogens is 3. The Morgan fingerprint density at radius 1 is 0.912 bits per heavy atom. The monoisotopic (exact) mass is 489 g/mol. The Kier molecular flexibility index (Phi) is 7.49. The number of hydrogen-bond donors (Lipinski definition) is 4. The van der Waals surface area contributed by atoms with Gasteiger partial charge >= 0.3 is 12.1 Å². The molecule has 0 spiro atoms. The maximum absolute atomic E-state index is 13.6. The molecule has 0 atom stereocenters. The molecule has 176 valence electrons. The number of carbonyl (C=O) groups excluding carboxylic acids is 2. The molecule has 1 heterocycles. The van der Waals surface area contributed by atoms with E-state index >= 15 is 0 Å². The van der Waals surface area contributed by atoms with Crippen LogP contribution >= 0.6 is 12.4 Å². The van der Waals surface area contributed by atoms with Gasteiger partial charge in [-0.2, -0.15) is 0 Å². The molecular weight excluding hydrogens is 472 g/mol. The number of H-pyrrole nitrogens is 1. The van der Waals surface area contributed by atoms with Crippen molar-refractivity contribution >= 4 is 52.9 Å². The SMILES string of the molecule is COC(=O)Nc1nc2ccc(Oc3ccc(NC(=O)Nc4cc(F)ccc4F)cc3)cc2[nH]1.Cl. The Labute approximate surface area is 197 Å². The van der Waals surface area contributed by atoms with Crippen molar-refractivity contribution in [2.75, 3.05) is 23.1 Å². The summed E-state index contributed by atoms with van der Waals surface area (Å²) >= 11 is 0. The number of aromatic nitrogens is 2. The second kappa shape index (κ2) is 10.5. The van der Waals surface area contributed by atoms with Crippen LogP contribution in [-0.4, -0.2) is 29.2 Å². The van der Waals surface area contributed by atoms with E-state index in [1.54, 1.807) is 42.5 Å². The molecule has 1 aromatic heterocycles. The minimum atomic E-state index is -0.752. The summed E-state index contributed by atoms with van der Waals surface area (Å²) in [6, 6.07) is 13.6. The van der Waals surface area contributed by atoms with Crippen LogP contribution in [-0.2, 0) is 4.74 Å². The van der Waals surface area contributed by atoms with Gasteiger partial charge in [0, 0.05) is 17.8 Å². The van der Waals surface area contributed by atoms with Crippen molar-refractivity contribution in [3.63, 3.8) is 0 Å². The molecule has 0 aliphatic heterocycles. The Morgan fingerprint density at radius 3 is 2.38 bits per heavy atom. The number of methoxy groups -OCH3 is 1. The maximum Gasteiger partial charge on any atom is 0.413 e. The van der Waals surface area contributed by atoms with Crippen molar-refractivity contribution in [3.05, 3.63) is 72.3 Å². The lowest BCUT2D eigenvalue weighted by Gasteiger charge is -2.10. The van der Waals surface area contributed by atoms with Gasteiger partial charge in [0.1, 0.15) is 23.1 Å². The summed E-state index contributed by atoms with van der Waals surface area (Å²) in [5.41, 5.74) is 1.40. The molecule has 0 unspecified atom stereocenters. The van der Waals surface area contributed by atoms with Gasteiger partial charge in [0.25, 0.3) is 0 Å². The van der Waals surface area contributed by atoms with Crippen molar-refractivity contribution < 1.29 is 27.8 Å². The van der Waals surface area contributed by atoms with E-state index in [4.69, 9.17) is 4.74 Å². The number of anilines is 3. The van der Waals surface area contributed by atoms with Crippen LogP contribution in [0.25, 0.3) is 11.0 Å². The first-order valence-corrected chi connectivity index (χ1v) is 9.55. The lowest BCUT2D eigenvalue weighted by molar-refractivity contribution is 0.186. The molecule has 9 nitrogen and oxygen atoms in total. The molecule has 0 bridgehead atoms. The zero-order valence-electron chi connectivity index (χ0n) is 17.5. The maximum atomic E-state index is 13.6. The van der Waals surface area contributed by atoms with E-state index in [1.807, 2.05) is 0 Å². The highest BCUT2D eigenvalue weighted by Crippen LogP contribution is 2.26. The van der Waals surface area contributed by atoms with E-state index in [2.05, 4.69) is 30.7 Å². The number of hydrogen-bond acceptors (Lipinski definition) is 5. The van der Waals surface area contributed by atoms with E-state index in [1.165, 1.54) is 7.11 Å². The number of fused-ring (bicyclic) bond motifs is 1. The Hall–Kier alpha value is -4.38. The minimum absolute atomic E-state index is 0. The molecule has 0 aliphatic rings. The molecule has 0 saturated carbocycles. The molecule has 4 rings (SSSR count). The van der Waals surface area contributed by atoms with Gasteiger partial charge < -0.3 is 25.1 Å². The van der Waals surface area contributed by atoms with E-state index in [0.29, 0.717) is 28.2 Å². The van der Waals surface area contributed by atoms with Gasteiger partial charge in [-0.3, -0.25) is 5.32 Å². The number of aromatic amines is 1. The predicted octanol–water partition coefficient (Wildman–Crippen LogP) is 5.88. The second-order valence-electron chi connectivity index (χ2n) is 6.71. The number of ether oxygens (including phenoxy) is 2. The normalized spacial score (nSPS) is 10.2.